The highest BCUT2D eigenvalue weighted by molar-refractivity contribution is 7.87. The average molecular weight is 701 g/mol. The maximum atomic E-state index is 13.8. The summed E-state index contributed by atoms with van der Waals surface area (Å²) in [6.07, 6.45) is 6.21. The molecule has 6 rings (SSSR count). The predicted molar refractivity (Wildman–Crippen MR) is 183 cm³/mol. The Hall–Kier alpha value is -2.27. The van der Waals surface area contributed by atoms with Crippen LogP contribution in [0.25, 0.3) is 0 Å². The molecule has 0 amide bonds. The number of hydrogen-bond acceptors (Lipinski definition) is 7. The Morgan fingerprint density at radius 1 is 0.771 bits per heavy atom. The molecule has 0 bridgehead atoms. The molecular weight excluding hydrogens is 649 g/mol. The van der Waals surface area contributed by atoms with Crippen LogP contribution in [0.1, 0.15) is 96.1 Å². The second kappa shape index (κ2) is 13.1. The number of aliphatic carboxylic acids is 1. The Labute approximate surface area is 287 Å². The Morgan fingerprint density at radius 2 is 1.31 bits per heavy atom. The van der Waals surface area contributed by atoms with E-state index in [1.54, 1.807) is 48.5 Å². The van der Waals surface area contributed by atoms with Crippen LogP contribution in [0, 0.1) is 60.2 Å². The molecule has 0 saturated heterocycles. The predicted octanol–water partition coefficient (Wildman–Crippen LogP) is 7.92. The zero-order valence-electron chi connectivity index (χ0n) is 28.9. The molecule has 0 aliphatic heterocycles. The van der Waals surface area contributed by atoms with Gasteiger partial charge in [-0.15, -0.1) is 0 Å². The summed E-state index contributed by atoms with van der Waals surface area (Å²) in [4.78, 5) is 11.6. The third kappa shape index (κ3) is 6.63. The summed E-state index contributed by atoms with van der Waals surface area (Å²) in [6, 6.07) is 13.4. The highest BCUT2D eigenvalue weighted by atomic mass is 32.2. The lowest BCUT2D eigenvalue weighted by Gasteiger charge is -2.62. The summed E-state index contributed by atoms with van der Waals surface area (Å²) in [7, 11) is -8.08. The van der Waals surface area contributed by atoms with E-state index in [0.29, 0.717) is 49.4 Å². The van der Waals surface area contributed by atoms with Gasteiger partial charge in [0.05, 0.1) is 22.0 Å². The maximum absolute atomic E-state index is 13.8. The van der Waals surface area contributed by atoms with Crippen LogP contribution in [0.2, 0.25) is 0 Å². The molecule has 4 aliphatic rings. The molecule has 10 heteroatoms. The lowest BCUT2D eigenvalue weighted by molar-refractivity contribution is -0.163. The molecule has 4 aliphatic carbocycles. The van der Waals surface area contributed by atoms with Crippen molar-refractivity contribution in [1.82, 2.24) is 0 Å². The van der Waals surface area contributed by atoms with Crippen molar-refractivity contribution in [3.05, 3.63) is 59.7 Å². The van der Waals surface area contributed by atoms with Crippen LogP contribution in [-0.4, -0.2) is 40.1 Å². The summed E-state index contributed by atoms with van der Waals surface area (Å²) >= 11 is 0. The molecule has 8 nitrogen and oxygen atoms in total. The summed E-state index contributed by atoms with van der Waals surface area (Å²) in [5.74, 6) is 0.825. The summed E-state index contributed by atoms with van der Waals surface area (Å²) < 4.78 is 66.6. The maximum Gasteiger partial charge on any atom is 0.303 e. The van der Waals surface area contributed by atoms with Gasteiger partial charge in [0, 0.05) is 6.42 Å². The molecule has 0 radical (unpaired) electrons. The summed E-state index contributed by atoms with van der Waals surface area (Å²) in [5.41, 5.74) is 1.74. The molecule has 2 aromatic carbocycles. The van der Waals surface area contributed by atoms with Crippen LogP contribution in [0.3, 0.4) is 0 Å². The van der Waals surface area contributed by atoms with E-state index in [0.717, 1.165) is 43.2 Å². The largest absolute Gasteiger partial charge is 0.481 e. The molecule has 4 fully saturated rings. The summed E-state index contributed by atoms with van der Waals surface area (Å²) in [6.45, 7) is 10.7. The molecule has 0 spiro atoms. The highest BCUT2D eigenvalue weighted by Gasteiger charge is 2.63. The van der Waals surface area contributed by atoms with Gasteiger partial charge in [0.15, 0.2) is 0 Å². The fourth-order valence-corrected chi connectivity index (χ4v) is 13.0. The lowest BCUT2D eigenvalue weighted by atomic mass is 9.43. The molecule has 2 aromatic rings. The molecule has 1 N–H and O–H groups in total. The van der Waals surface area contributed by atoms with Gasteiger partial charge in [-0.3, -0.25) is 13.2 Å². The molecule has 10 atom stereocenters. The van der Waals surface area contributed by atoms with Gasteiger partial charge in [0.25, 0.3) is 20.2 Å². The number of hydrogen-bond donors (Lipinski definition) is 1. The van der Waals surface area contributed by atoms with Crippen LogP contribution in [0.5, 0.6) is 0 Å². The van der Waals surface area contributed by atoms with E-state index in [-0.39, 0.29) is 38.9 Å². The normalized spacial score (nSPS) is 35.6. The second-order valence-electron chi connectivity index (χ2n) is 16.0. The number of benzene rings is 2. The molecule has 0 aromatic heterocycles. The van der Waals surface area contributed by atoms with E-state index in [1.165, 1.54) is 0 Å². The molecule has 0 unspecified atom stereocenters. The van der Waals surface area contributed by atoms with Crippen molar-refractivity contribution in [2.75, 3.05) is 0 Å². The van der Waals surface area contributed by atoms with Gasteiger partial charge in [0.1, 0.15) is 0 Å². The van der Waals surface area contributed by atoms with Gasteiger partial charge in [-0.1, -0.05) is 56.2 Å². The van der Waals surface area contributed by atoms with Gasteiger partial charge in [-0.25, -0.2) is 0 Å². The molecule has 4 saturated carbocycles. The first-order valence-electron chi connectivity index (χ1n) is 17.8. The number of carbonyl (C=O) groups is 1. The van der Waals surface area contributed by atoms with Crippen molar-refractivity contribution in [1.29, 1.82) is 0 Å². The average Bonchev–Trinajstić information content (AvgIpc) is 3.38. The third-order valence-electron chi connectivity index (χ3n) is 13.3. The van der Waals surface area contributed by atoms with Crippen LogP contribution in [-0.2, 0) is 33.4 Å². The van der Waals surface area contributed by atoms with Crippen LogP contribution in [0.4, 0.5) is 0 Å². The SMILES string of the molecule is Cc1ccc(S(=O)(=O)O[C@@H]2CC[C@]3(C)[C@H]4CC[C@]5(C)[C@@H]([C@H](C)CCC(=O)O)CC[C@H]5[C@@H]4C[C@H](OS(=O)(=O)c4ccc(C)cc4)[C@@H]3C2)cc1. The minimum absolute atomic E-state index is 0.0606. The van der Waals surface area contributed by atoms with Crippen LogP contribution >= 0.6 is 0 Å². The van der Waals surface area contributed by atoms with E-state index in [9.17, 15) is 26.7 Å². The Bertz CT molecular complexity index is 1700. The zero-order valence-corrected chi connectivity index (χ0v) is 30.6. The molecule has 0 heterocycles. The van der Waals surface area contributed by atoms with Gasteiger partial charge >= 0.3 is 5.97 Å². The van der Waals surface area contributed by atoms with Crippen molar-refractivity contribution >= 4 is 26.2 Å². The van der Waals surface area contributed by atoms with Crippen molar-refractivity contribution in [2.24, 2.45) is 46.3 Å². The van der Waals surface area contributed by atoms with Gasteiger partial charge < -0.3 is 5.11 Å². The van der Waals surface area contributed by atoms with Crippen molar-refractivity contribution in [3.8, 4) is 0 Å². The monoisotopic (exact) mass is 700 g/mol. The second-order valence-corrected chi connectivity index (χ2v) is 19.2. The number of rotatable bonds is 10. The first-order chi connectivity index (χ1) is 22.5. The molecule has 264 valence electrons. The smallest absolute Gasteiger partial charge is 0.303 e. The standard InChI is InChI=1S/C38H52O8S2/c1-24-6-11-28(12-7-24)47(41,42)45-27-18-20-38(5)33-19-21-37(4)31(26(3)10-17-36(39)40)15-16-32(37)30(33)23-35(34(38)22-27)46-48(43,44)29-13-8-25(2)9-14-29/h6-9,11-14,26-27,30-35H,10,15-23H2,1-5H3,(H,39,40)/t26-,27-,30+,31-,32+,33+,34+,35+,37-,38-/m1/s1. The Kier molecular flexibility index (Phi) is 9.72. The van der Waals surface area contributed by atoms with Gasteiger partial charge in [-0.05, 0) is 142 Å². The summed E-state index contributed by atoms with van der Waals surface area (Å²) in [5, 5.41) is 9.36. The number of carboxylic acid groups (broad SMARTS) is 1. The van der Waals surface area contributed by atoms with Crippen LogP contribution < -0.4 is 0 Å². The first-order valence-corrected chi connectivity index (χ1v) is 20.6. The third-order valence-corrected chi connectivity index (χ3v) is 16.0. The van der Waals surface area contributed by atoms with Crippen molar-refractivity contribution < 1.29 is 35.1 Å². The minimum atomic E-state index is -4.08. The quantitative estimate of drug-likeness (QED) is 0.248. The van der Waals surface area contributed by atoms with E-state index < -0.39 is 38.4 Å². The van der Waals surface area contributed by atoms with E-state index in [2.05, 4.69) is 20.8 Å². The lowest BCUT2D eigenvalue weighted by Crippen LogP contribution is -2.59. The van der Waals surface area contributed by atoms with E-state index in [1.807, 2.05) is 13.8 Å². The zero-order chi connectivity index (χ0) is 34.6. The topological polar surface area (TPSA) is 124 Å². The fraction of sp³-hybridized carbons (Fsp3) is 0.658. The van der Waals surface area contributed by atoms with Crippen molar-refractivity contribution in [2.45, 2.75) is 121 Å². The molecule has 48 heavy (non-hydrogen) atoms. The molecular formula is C38H52O8S2. The number of carboxylic acids is 1. The van der Waals surface area contributed by atoms with E-state index in [4.69, 9.17) is 8.37 Å². The number of aryl methyl sites for hydroxylation is 2. The highest BCUT2D eigenvalue weighted by Crippen LogP contribution is 2.69. The Balaban J connectivity index is 1.30. The first kappa shape index (κ1) is 35.6. The van der Waals surface area contributed by atoms with E-state index >= 15 is 0 Å². The fourth-order valence-electron chi connectivity index (χ4n) is 10.8. The number of fused-ring (bicyclic) bond motifs is 5. The van der Waals surface area contributed by atoms with Gasteiger partial charge in [0.2, 0.25) is 0 Å². The van der Waals surface area contributed by atoms with Crippen molar-refractivity contribution in [3.63, 3.8) is 0 Å². The Morgan fingerprint density at radius 3 is 1.90 bits per heavy atom. The van der Waals surface area contributed by atoms with Gasteiger partial charge in [-0.2, -0.15) is 16.8 Å². The minimum Gasteiger partial charge on any atom is -0.481 e. The van der Waals surface area contributed by atoms with Crippen LogP contribution in [0.15, 0.2) is 58.3 Å².